The second-order valence-corrected chi connectivity index (χ2v) is 7.61. The Morgan fingerprint density at radius 1 is 1.08 bits per heavy atom. The van der Waals surface area contributed by atoms with Crippen molar-refractivity contribution in [2.75, 3.05) is 26.2 Å². The average Bonchev–Trinajstić information content (AvgIpc) is 3.19. The number of amides is 1. The molecule has 3 heterocycles. The molecule has 0 aromatic carbocycles. The van der Waals surface area contributed by atoms with Gasteiger partial charge in [-0.2, -0.15) is 0 Å². The van der Waals surface area contributed by atoms with Gasteiger partial charge in [0, 0.05) is 50.0 Å². The average molecular weight is 357 g/mol. The molecule has 4 rings (SSSR count). The summed E-state index contributed by atoms with van der Waals surface area (Å²) in [6.07, 6.45) is 11.7. The smallest absolute Gasteiger partial charge is 0.273 e. The zero-order valence-electron chi connectivity index (χ0n) is 14.3. The maximum atomic E-state index is 12.7. The number of piperazine rings is 1. The zero-order chi connectivity index (χ0) is 17.1. The summed E-state index contributed by atoms with van der Waals surface area (Å²) in [7, 11) is 0. The minimum absolute atomic E-state index is 0.0367. The molecule has 0 spiro atoms. The standard InChI is InChI=1S/C18H23N5OS/c24-18(16-13-25-17(21-16)15-12-19-6-7-20-15)23-10-8-22(9-11-23)14-4-2-1-3-5-14/h6-7,12-14H,1-5,8-11H2. The molecule has 0 atom stereocenters. The summed E-state index contributed by atoms with van der Waals surface area (Å²) in [6, 6.07) is 0.730. The summed E-state index contributed by atoms with van der Waals surface area (Å²) in [5, 5.41) is 2.58. The molecule has 1 saturated carbocycles. The van der Waals surface area contributed by atoms with E-state index < -0.39 is 0 Å². The molecule has 7 heteroatoms. The third-order valence-electron chi connectivity index (χ3n) is 5.20. The number of aromatic nitrogens is 3. The monoisotopic (exact) mass is 357 g/mol. The molecule has 0 N–H and O–H groups in total. The Morgan fingerprint density at radius 3 is 2.60 bits per heavy atom. The van der Waals surface area contributed by atoms with Gasteiger partial charge < -0.3 is 4.90 Å². The summed E-state index contributed by atoms with van der Waals surface area (Å²) < 4.78 is 0. The molecular formula is C18H23N5OS. The van der Waals surface area contributed by atoms with Gasteiger partial charge >= 0.3 is 0 Å². The molecule has 1 aliphatic heterocycles. The lowest BCUT2D eigenvalue weighted by molar-refractivity contribution is 0.0519. The van der Waals surface area contributed by atoms with Crippen LogP contribution in [0, 0.1) is 0 Å². The van der Waals surface area contributed by atoms with E-state index in [2.05, 4.69) is 19.9 Å². The van der Waals surface area contributed by atoms with Crippen molar-refractivity contribution in [1.29, 1.82) is 0 Å². The van der Waals surface area contributed by atoms with Crippen molar-refractivity contribution in [2.24, 2.45) is 0 Å². The van der Waals surface area contributed by atoms with E-state index in [0.717, 1.165) is 37.2 Å². The van der Waals surface area contributed by atoms with Gasteiger partial charge in [-0.1, -0.05) is 19.3 Å². The molecule has 2 aromatic heterocycles. The molecule has 132 valence electrons. The summed E-state index contributed by atoms with van der Waals surface area (Å²) in [5.74, 6) is 0.0367. The molecule has 0 unspecified atom stereocenters. The number of nitrogens with zero attached hydrogens (tertiary/aromatic N) is 5. The Kier molecular flexibility index (Phi) is 5.03. The third-order valence-corrected chi connectivity index (χ3v) is 6.06. The van der Waals surface area contributed by atoms with Crippen molar-refractivity contribution in [2.45, 2.75) is 38.1 Å². The van der Waals surface area contributed by atoms with Crippen LogP contribution in [0.2, 0.25) is 0 Å². The Balaban J connectivity index is 1.37. The molecule has 2 fully saturated rings. The summed E-state index contributed by atoms with van der Waals surface area (Å²) in [5.41, 5.74) is 1.24. The van der Waals surface area contributed by atoms with E-state index in [-0.39, 0.29) is 5.91 Å². The topological polar surface area (TPSA) is 62.2 Å². The van der Waals surface area contributed by atoms with Crippen molar-refractivity contribution in [3.8, 4) is 10.7 Å². The van der Waals surface area contributed by atoms with E-state index in [9.17, 15) is 4.79 Å². The van der Waals surface area contributed by atoms with Crippen LogP contribution in [0.25, 0.3) is 10.7 Å². The van der Waals surface area contributed by atoms with E-state index >= 15 is 0 Å². The molecule has 1 saturated heterocycles. The number of thiazole rings is 1. The fourth-order valence-electron chi connectivity index (χ4n) is 3.80. The van der Waals surface area contributed by atoms with E-state index in [0.29, 0.717) is 11.4 Å². The first-order valence-electron chi connectivity index (χ1n) is 9.06. The van der Waals surface area contributed by atoms with E-state index in [1.54, 1.807) is 18.6 Å². The SMILES string of the molecule is O=C(c1csc(-c2cnccn2)n1)N1CCN(C2CCCCC2)CC1. The number of hydrogen-bond donors (Lipinski definition) is 0. The van der Waals surface area contributed by atoms with Gasteiger partial charge in [0.05, 0.1) is 6.20 Å². The largest absolute Gasteiger partial charge is 0.335 e. The summed E-state index contributed by atoms with van der Waals surface area (Å²) in [4.78, 5) is 30.0. The lowest BCUT2D eigenvalue weighted by Gasteiger charge is -2.40. The van der Waals surface area contributed by atoms with Crippen molar-refractivity contribution >= 4 is 17.2 Å². The minimum Gasteiger partial charge on any atom is -0.335 e. The Labute approximate surface area is 151 Å². The van der Waals surface area contributed by atoms with Crippen LogP contribution in [0.5, 0.6) is 0 Å². The van der Waals surface area contributed by atoms with Crippen LogP contribution in [0.15, 0.2) is 24.0 Å². The van der Waals surface area contributed by atoms with Gasteiger partial charge in [-0.15, -0.1) is 11.3 Å². The predicted molar refractivity (Wildman–Crippen MR) is 97.5 cm³/mol. The summed E-state index contributed by atoms with van der Waals surface area (Å²) in [6.45, 7) is 3.57. The van der Waals surface area contributed by atoms with Gasteiger partial charge in [0.25, 0.3) is 5.91 Å². The molecule has 25 heavy (non-hydrogen) atoms. The Hall–Kier alpha value is -1.86. The van der Waals surface area contributed by atoms with E-state index in [4.69, 9.17) is 0 Å². The normalized spacial score (nSPS) is 19.9. The van der Waals surface area contributed by atoms with Crippen molar-refractivity contribution in [1.82, 2.24) is 24.8 Å². The molecule has 2 aromatic rings. The van der Waals surface area contributed by atoms with Crippen LogP contribution in [0.1, 0.15) is 42.6 Å². The predicted octanol–water partition coefficient (Wildman–Crippen LogP) is 2.69. The molecule has 2 aliphatic rings. The number of rotatable bonds is 3. The number of carbonyl (C=O) groups is 1. The first-order valence-corrected chi connectivity index (χ1v) is 9.94. The molecule has 0 radical (unpaired) electrons. The van der Waals surface area contributed by atoms with Crippen LogP contribution >= 0.6 is 11.3 Å². The highest BCUT2D eigenvalue weighted by Crippen LogP contribution is 2.25. The second-order valence-electron chi connectivity index (χ2n) is 6.75. The Bertz CT molecular complexity index is 705. The molecule has 1 amide bonds. The highest BCUT2D eigenvalue weighted by atomic mass is 32.1. The molecule has 6 nitrogen and oxygen atoms in total. The lowest BCUT2D eigenvalue weighted by atomic mass is 9.94. The van der Waals surface area contributed by atoms with Crippen LogP contribution < -0.4 is 0 Å². The third kappa shape index (κ3) is 3.72. The van der Waals surface area contributed by atoms with Gasteiger partial charge in [0.2, 0.25) is 0 Å². The zero-order valence-corrected chi connectivity index (χ0v) is 15.1. The number of carbonyl (C=O) groups excluding carboxylic acids is 1. The van der Waals surface area contributed by atoms with Crippen molar-refractivity contribution in [3.63, 3.8) is 0 Å². The van der Waals surface area contributed by atoms with Crippen molar-refractivity contribution in [3.05, 3.63) is 29.7 Å². The number of hydrogen-bond acceptors (Lipinski definition) is 6. The molecular weight excluding hydrogens is 334 g/mol. The van der Waals surface area contributed by atoms with Crippen LogP contribution in [-0.2, 0) is 0 Å². The quantitative estimate of drug-likeness (QED) is 0.845. The van der Waals surface area contributed by atoms with Gasteiger partial charge in [0.15, 0.2) is 0 Å². The second kappa shape index (κ2) is 7.58. The molecule has 1 aliphatic carbocycles. The fraction of sp³-hybridized carbons (Fsp3) is 0.556. The van der Waals surface area contributed by atoms with Gasteiger partial charge in [-0.05, 0) is 12.8 Å². The lowest BCUT2D eigenvalue weighted by Crippen LogP contribution is -2.52. The highest BCUT2D eigenvalue weighted by molar-refractivity contribution is 7.13. The molecule has 0 bridgehead atoms. The maximum absolute atomic E-state index is 12.7. The maximum Gasteiger partial charge on any atom is 0.273 e. The van der Waals surface area contributed by atoms with Crippen LogP contribution in [0.4, 0.5) is 0 Å². The first kappa shape index (κ1) is 16.6. The van der Waals surface area contributed by atoms with Gasteiger partial charge in [0.1, 0.15) is 16.4 Å². The highest BCUT2D eigenvalue weighted by Gasteiger charge is 2.28. The van der Waals surface area contributed by atoms with E-state index in [1.807, 2.05) is 10.3 Å². The van der Waals surface area contributed by atoms with Gasteiger partial charge in [-0.3, -0.25) is 19.7 Å². The van der Waals surface area contributed by atoms with Crippen LogP contribution in [-0.4, -0.2) is 62.9 Å². The van der Waals surface area contributed by atoms with E-state index in [1.165, 1.54) is 43.4 Å². The van der Waals surface area contributed by atoms with Crippen molar-refractivity contribution < 1.29 is 4.79 Å². The van der Waals surface area contributed by atoms with Crippen LogP contribution in [0.3, 0.4) is 0 Å². The Morgan fingerprint density at radius 2 is 1.88 bits per heavy atom. The summed E-state index contributed by atoms with van der Waals surface area (Å²) >= 11 is 1.45. The fourth-order valence-corrected chi connectivity index (χ4v) is 4.55. The minimum atomic E-state index is 0.0367. The first-order chi connectivity index (χ1) is 12.3. The van der Waals surface area contributed by atoms with Gasteiger partial charge in [-0.25, -0.2) is 4.98 Å².